The van der Waals surface area contributed by atoms with Gasteiger partial charge in [0.1, 0.15) is 0 Å². The molecular weight excluding hydrogens is 282 g/mol. The summed E-state index contributed by atoms with van der Waals surface area (Å²) in [5.74, 6) is -0.404. The molecule has 0 aliphatic heterocycles. The summed E-state index contributed by atoms with van der Waals surface area (Å²) in [7, 11) is 1.56. The van der Waals surface area contributed by atoms with Gasteiger partial charge in [-0.25, -0.2) is 0 Å². The van der Waals surface area contributed by atoms with E-state index < -0.39 is 0 Å². The second-order valence-electron chi connectivity index (χ2n) is 4.00. The number of benzene rings is 1. The summed E-state index contributed by atoms with van der Waals surface area (Å²) in [6.45, 7) is 1.05. The van der Waals surface area contributed by atoms with Gasteiger partial charge in [0.05, 0.1) is 19.7 Å². The second kappa shape index (κ2) is 9.30. The fourth-order valence-corrected chi connectivity index (χ4v) is 1.51. The molecule has 0 radical (unpaired) electrons. The molecule has 7 heteroatoms. The van der Waals surface area contributed by atoms with Crippen LogP contribution in [0.2, 0.25) is 5.02 Å². The first-order valence-electron chi connectivity index (χ1n) is 6.13. The lowest BCUT2D eigenvalue weighted by Crippen LogP contribution is -2.38. The van der Waals surface area contributed by atoms with Crippen molar-refractivity contribution in [2.45, 2.75) is 0 Å². The number of hydrogen-bond donors (Lipinski definition) is 3. The van der Waals surface area contributed by atoms with E-state index in [1.54, 1.807) is 31.4 Å². The van der Waals surface area contributed by atoms with Gasteiger partial charge in [-0.05, 0) is 24.3 Å². The van der Waals surface area contributed by atoms with E-state index in [2.05, 4.69) is 16.0 Å². The highest BCUT2D eigenvalue weighted by Crippen LogP contribution is 2.12. The van der Waals surface area contributed by atoms with Gasteiger partial charge < -0.3 is 15.4 Å². The molecule has 1 aromatic carbocycles. The smallest absolute Gasteiger partial charge is 0.238 e. The maximum Gasteiger partial charge on any atom is 0.238 e. The van der Waals surface area contributed by atoms with Crippen LogP contribution in [0.15, 0.2) is 24.3 Å². The molecule has 0 saturated heterocycles. The van der Waals surface area contributed by atoms with Gasteiger partial charge >= 0.3 is 0 Å². The first kappa shape index (κ1) is 16.4. The van der Waals surface area contributed by atoms with Crippen molar-refractivity contribution >= 4 is 29.1 Å². The van der Waals surface area contributed by atoms with Crippen LogP contribution in [0.25, 0.3) is 0 Å². The Morgan fingerprint density at radius 1 is 1.15 bits per heavy atom. The summed E-state index contributed by atoms with van der Waals surface area (Å²) >= 11 is 5.74. The number of rotatable bonds is 8. The average molecular weight is 300 g/mol. The van der Waals surface area contributed by atoms with Gasteiger partial charge in [-0.3, -0.25) is 14.9 Å². The highest BCUT2D eigenvalue weighted by molar-refractivity contribution is 6.30. The number of ether oxygens (including phenoxy) is 1. The van der Waals surface area contributed by atoms with Crippen LogP contribution in [-0.2, 0) is 14.3 Å². The first-order chi connectivity index (χ1) is 9.61. The molecule has 0 aliphatic carbocycles. The Bertz CT molecular complexity index is 437. The maximum absolute atomic E-state index is 11.6. The van der Waals surface area contributed by atoms with Crippen molar-refractivity contribution < 1.29 is 14.3 Å². The van der Waals surface area contributed by atoms with Crippen LogP contribution in [0, 0.1) is 0 Å². The molecule has 0 heterocycles. The van der Waals surface area contributed by atoms with E-state index in [1.807, 2.05) is 0 Å². The van der Waals surface area contributed by atoms with E-state index in [9.17, 15) is 9.59 Å². The van der Waals surface area contributed by atoms with Gasteiger partial charge in [0.25, 0.3) is 0 Å². The zero-order chi connectivity index (χ0) is 14.8. The third kappa shape index (κ3) is 7.08. The molecule has 0 spiro atoms. The van der Waals surface area contributed by atoms with Crippen LogP contribution >= 0.6 is 11.6 Å². The van der Waals surface area contributed by atoms with Crippen molar-refractivity contribution in [1.29, 1.82) is 0 Å². The van der Waals surface area contributed by atoms with Gasteiger partial charge in [0.15, 0.2) is 0 Å². The lowest BCUT2D eigenvalue weighted by Gasteiger charge is -2.07. The van der Waals surface area contributed by atoms with Crippen LogP contribution < -0.4 is 16.0 Å². The Morgan fingerprint density at radius 2 is 1.80 bits per heavy atom. The number of halogens is 1. The Labute approximate surface area is 122 Å². The minimum atomic E-state index is -0.225. The maximum atomic E-state index is 11.6. The molecule has 0 bridgehead atoms. The van der Waals surface area contributed by atoms with Crippen LogP contribution in [0.1, 0.15) is 0 Å². The van der Waals surface area contributed by atoms with E-state index in [0.29, 0.717) is 23.9 Å². The van der Waals surface area contributed by atoms with E-state index in [4.69, 9.17) is 16.3 Å². The van der Waals surface area contributed by atoms with Crippen LogP contribution in [0.3, 0.4) is 0 Å². The Balaban J connectivity index is 2.17. The molecule has 3 N–H and O–H groups in total. The molecule has 0 aromatic heterocycles. The second-order valence-corrected chi connectivity index (χ2v) is 4.44. The first-order valence-corrected chi connectivity index (χ1v) is 6.51. The van der Waals surface area contributed by atoms with E-state index in [0.717, 1.165) is 0 Å². The van der Waals surface area contributed by atoms with Gasteiger partial charge in [-0.1, -0.05) is 11.6 Å². The largest absolute Gasteiger partial charge is 0.383 e. The zero-order valence-corrected chi connectivity index (χ0v) is 12.0. The third-order valence-electron chi connectivity index (χ3n) is 2.33. The molecular formula is C13H18ClN3O3. The number of carbonyl (C=O) groups excluding carboxylic acids is 2. The summed E-state index contributed by atoms with van der Waals surface area (Å²) < 4.78 is 4.80. The van der Waals surface area contributed by atoms with Crippen molar-refractivity contribution in [3.05, 3.63) is 29.3 Å². The monoisotopic (exact) mass is 299 g/mol. The molecule has 0 unspecified atom stereocenters. The predicted octanol–water partition coefficient (Wildman–Crippen LogP) is 0.631. The van der Waals surface area contributed by atoms with E-state index in [-0.39, 0.29) is 24.9 Å². The zero-order valence-electron chi connectivity index (χ0n) is 11.2. The highest BCUT2D eigenvalue weighted by Gasteiger charge is 2.04. The predicted molar refractivity (Wildman–Crippen MR) is 77.8 cm³/mol. The normalized spacial score (nSPS) is 10.1. The van der Waals surface area contributed by atoms with Crippen molar-refractivity contribution in [2.75, 3.05) is 38.7 Å². The van der Waals surface area contributed by atoms with E-state index >= 15 is 0 Å². The molecule has 20 heavy (non-hydrogen) atoms. The van der Waals surface area contributed by atoms with Crippen molar-refractivity contribution in [3.8, 4) is 0 Å². The Kier molecular flexibility index (Phi) is 7.64. The summed E-state index contributed by atoms with van der Waals surface area (Å²) in [5.41, 5.74) is 0.658. The number of anilines is 1. The number of nitrogens with one attached hydrogen (secondary N) is 3. The van der Waals surface area contributed by atoms with Gasteiger partial charge in [-0.15, -0.1) is 0 Å². The third-order valence-corrected chi connectivity index (χ3v) is 2.58. The van der Waals surface area contributed by atoms with Gasteiger partial charge in [0.2, 0.25) is 11.8 Å². The number of hydrogen-bond acceptors (Lipinski definition) is 4. The summed E-state index contributed by atoms with van der Waals surface area (Å²) in [6.07, 6.45) is 0. The van der Waals surface area contributed by atoms with Crippen LogP contribution in [0.4, 0.5) is 5.69 Å². The minimum Gasteiger partial charge on any atom is -0.383 e. The highest BCUT2D eigenvalue weighted by atomic mass is 35.5. The Hall–Kier alpha value is -1.63. The van der Waals surface area contributed by atoms with Crippen LogP contribution in [0.5, 0.6) is 0 Å². The van der Waals surface area contributed by atoms with Gasteiger partial charge in [0, 0.05) is 24.4 Å². The van der Waals surface area contributed by atoms with Gasteiger partial charge in [-0.2, -0.15) is 0 Å². The van der Waals surface area contributed by atoms with Crippen LogP contribution in [-0.4, -0.2) is 45.2 Å². The quantitative estimate of drug-likeness (QED) is 0.615. The van der Waals surface area contributed by atoms with Crippen molar-refractivity contribution in [1.82, 2.24) is 10.6 Å². The number of carbonyl (C=O) groups is 2. The molecule has 1 rings (SSSR count). The SMILES string of the molecule is COCCNC(=O)CNCC(=O)Nc1ccc(Cl)cc1. The molecule has 0 aliphatic rings. The fourth-order valence-electron chi connectivity index (χ4n) is 1.38. The molecule has 6 nitrogen and oxygen atoms in total. The molecule has 2 amide bonds. The fraction of sp³-hybridized carbons (Fsp3) is 0.385. The molecule has 1 aromatic rings. The lowest BCUT2D eigenvalue weighted by molar-refractivity contribution is -0.120. The summed E-state index contributed by atoms with van der Waals surface area (Å²) in [6, 6.07) is 6.79. The standard InChI is InChI=1S/C13H18ClN3O3/c1-20-7-6-16-12(18)8-15-9-13(19)17-11-4-2-10(14)3-5-11/h2-5,15H,6-9H2,1H3,(H,16,18)(H,17,19). The van der Waals surface area contributed by atoms with E-state index in [1.165, 1.54) is 0 Å². The molecule has 110 valence electrons. The molecule has 0 saturated carbocycles. The van der Waals surface area contributed by atoms with Crippen molar-refractivity contribution in [2.24, 2.45) is 0 Å². The van der Waals surface area contributed by atoms with Crippen molar-refractivity contribution in [3.63, 3.8) is 0 Å². The Morgan fingerprint density at radius 3 is 2.45 bits per heavy atom. The lowest BCUT2D eigenvalue weighted by atomic mass is 10.3. The molecule has 0 atom stereocenters. The number of amides is 2. The summed E-state index contributed by atoms with van der Waals surface area (Å²) in [5, 5.41) is 8.68. The average Bonchev–Trinajstić information content (AvgIpc) is 2.42. The minimum absolute atomic E-state index is 0.0559. The molecule has 0 fully saturated rings. The topological polar surface area (TPSA) is 79.5 Å². The summed E-state index contributed by atoms with van der Waals surface area (Å²) in [4.78, 5) is 22.9. The number of methoxy groups -OCH3 is 1.